The summed E-state index contributed by atoms with van der Waals surface area (Å²) in [6.45, 7) is 8.85. The molecular formula is C19H29NO3. The summed E-state index contributed by atoms with van der Waals surface area (Å²) in [6.07, 6.45) is 4.84. The third kappa shape index (κ3) is 4.61. The monoisotopic (exact) mass is 319 g/mol. The number of hydrogen-bond acceptors (Lipinski definition) is 4. The molecule has 1 spiro atoms. The molecule has 1 aromatic carbocycles. The smallest absolute Gasteiger partial charge is 0.119 e. The van der Waals surface area contributed by atoms with Crippen LogP contribution in [-0.4, -0.2) is 51.0 Å². The summed E-state index contributed by atoms with van der Waals surface area (Å²) in [5, 5.41) is 0. The molecule has 2 aliphatic rings. The normalized spacial score (nSPS) is 24.9. The molecule has 1 atom stereocenters. The summed E-state index contributed by atoms with van der Waals surface area (Å²) in [5.41, 5.74) is 0.427. The second kappa shape index (κ2) is 8.02. The molecule has 2 heterocycles. The first kappa shape index (κ1) is 16.6. The van der Waals surface area contributed by atoms with Crippen LogP contribution >= 0.6 is 0 Å². The molecule has 4 heteroatoms. The summed E-state index contributed by atoms with van der Waals surface area (Å²) in [7, 11) is 0. The molecular weight excluding hydrogens is 290 g/mol. The minimum absolute atomic E-state index is 0.427. The maximum atomic E-state index is 5.87. The van der Waals surface area contributed by atoms with Gasteiger partial charge in [-0.1, -0.05) is 6.92 Å². The molecule has 4 nitrogen and oxygen atoms in total. The second-order valence-corrected chi connectivity index (χ2v) is 6.85. The predicted octanol–water partition coefficient (Wildman–Crippen LogP) is 3.36. The fourth-order valence-corrected chi connectivity index (χ4v) is 3.60. The molecule has 0 saturated carbocycles. The number of benzene rings is 1. The van der Waals surface area contributed by atoms with Gasteiger partial charge in [0.15, 0.2) is 0 Å². The van der Waals surface area contributed by atoms with E-state index < -0.39 is 0 Å². The van der Waals surface area contributed by atoms with Crippen molar-refractivity contribution in [2.75, 3.05) is 46.1 Å². The van der Waals surface area contributed by atoms with E-state index >= 15 is 0 Å². The van der Waals surface area contributed by atoms with Gasteiger partial charge in [0.2, 0.25) is 0 Å². The second-order valence-electron chi connectivity index (χ2n) is 6.85. The highest BCUT2D eigenvalue weighted by molar-refractivity contribution is 5.31. The van der Waals surface area contributed by atoms with Crippen LogP contribution in [-0.2, 0) is 4.74 Å². The Morgan fingerprint density at radius 1 is 1.09 bits per heavy atom. The Morgan fingerprint density at radius 3 is 2.48 bits per heavy atom. The third-order valence-electron chi connectivity index (χ3n) is 4.89. The summed E-state index contributed by atoms with van der Waals surface area (Å²) in [4.78, 5) is 2.52. The zero-order valence-corrected chi connectivity index (χ0v) is 14.3. The lowest BCUT2D eigenvalue weighted by molar-refractivity contribution is -0.00256. The van der Waals surface area contributed by atoms with Crippen LogP contribution in [0.1, 0.15) is 32.6 Å². The zero-order valence-electron chi connectivity index (χ0n) is 14.3. The Kier molecular flexibility index (Phi) is 5.79. The van der Waals surface area contributed by atoms with Crippen molar-refractivity contribution in [2.45, 2.75) is 32.6 Å². The molecule has 128 valence electrons. The fraction of sp³-hybridized carbons (Fsp3) is 0.684. The number of nitrogens with zero attached hydrogens (tertiary/aromatic N) is 1. The van der Waals surface area contributed by atoms with E-state index in [4.69, 9.17) is 14.2 Å². The van der Waals surface area contributed by atoms with Crippen LogP contribution in [0.4, 0.5) is 0 Å². The molecule has 1 aromatic rings. The standard InChI is InChI=1S/C19H29NO3/c1-2-12-22-17-4-6-18(7-5-17)23-14-11-20-10-9-19(15-20)8-3-13-21-16-19/h4-7H,2-3,8-16H2,1H3. The van der Waals surface area contributed by atoms with Crippen LogP contribution in [0.25, 0.3) is 0 Å². The van der Waals surface area contributed by atoms with Crippen molar-refractivity contribution in [3.8, 4) is 11.5 Å². The van der Waals surface area contributed by atoms with Gasteiger partial charge in [0.05, 0.1) is 13.2 Å². The van der Waals surface area contributed by atoms with E-state index in [-0.39, 0.29) is 0 Å². The van der Waals surface area contributed by atoms with Gasteiger partial charge in [0.25, 0.3) is 0 Å². The van der Waals surface area contributed by atoms with E-state index in [0.717, 1.165) is 50.9 Å². The van der Waals surface area contributed by atoms with Gasteiger partial charge in [0.1, 0.15) is 18.1 Å². The van der Waals surface area contributed by atoms with Gasteiger partial charge in [-0.2, -0.15) is 0 Å². The molecule has 3 rings (SSSR count). The van der Waals surface area contributed by atoms with Crippen molar-refractivity contribution in [1.82, 2.24) is 4.90 Å². The summed E-state index contributed by atoms with van der Waals surface area (Å²) in [5.74, 6) is 1.83. The minimum atomic E-state index is 0.427. The molecule has 0 radical (unpaired) electrons. The predicted molar refractivity (Wildman–Crippen MR) is 91.3 cm³/mol. The molecule has 1 unspecified atom stereocenters. The number of hydrogen-bond donors (Lipinski definition) is 0. The molecule has 0 N–H and O–H groups in total. The SMILES string of the molecule is CCCOc1ccc(OCCN2CCC3(CCCOC3)C2)cc1. The van der Waals surface area contributed by atoms with Crippen molar-refractivity contribution in [1.29, 1.82) is 0 Å². The van der Waals surface area contributed by atoms with Crippen molar-refractivity contribution >= 4 is 0 Å². The Hall–Kier alpha value is -1.26. The molecule has 0 aliphatic carbocycles. The molecule has 0 aromatic heterocycles. The van der Waals surface area contributed by atoms with Crippen LogP contribution < -0.4 is 9.47 Å². The molecule has 23 heavy (non-hydrogen) atoms. The topological polar surface area (TPSA) is 30.9 Å². The first-order valence-corrected chi connectivity index (χ1v) is 8.95. The van der Waals surface area contributed by atoms with Crippen molar-refractivity contribution in [3.63, 3.8) is 0 Å². The highest BCUT2D eigenvalue weighted by atomic mass is 16.5. The summed E-state index contributed by atoms with van der Waals surface area (Å²) >= 11 is 0. The average molecular weight is 319 g/mol. The summed E-state index contributed by atoms with van der Waals surface area (Å²) in [6, 6.07) is 7.95. The lowest BCUT2D eigenvalue weighted by Crippen LogP contribution is -2.36. The average Bonchev–Trinajstić information content (AvgIpc) is 2.97. The van der Waals surface area contributed by atoms with E-state index in [0.29, 0.717) is 5.41 Å². The van der Waals surface area contributed by atoms with Crippen LogP contribution in [0, 0.1) is 5.41 Å². The number of ether oxygens (including phenoxy) is 3. The van der Waals surface area contributed by atoms with E-state index in [1.54, 1.807) is 0 Å². The quantitative estimate of drug-likeness (QED) is 0.771. The van der Waals surface area contributed by atoms with Gasteiger partial charge < -0.3 is 14.2 Å². The molecule has 2 saturated heterocycles. The first-order chi connectivity index (χ1) is 11.3. The minimum Gasteiger partial charge on any atom is -0.494 e. The van der Waals surface area contributed by atoms with Crippen LogP contribution in [0.3, 0.4) is 0 Å². The Labute approximate surface area is 139 Å². The first-order valence-electron chi connectivity index (χ1n) is 8.95. The van der Waals surface area contributed by atoms with E-state index in [1.165, 1.54) is 32.4 Å². The van der Waals surface area contributed by atoms with E-state index in [1.807, 2.05) is 24.3 Å². The van der Waals surface area contributed by atoms with E-state index in [9.17, 15) is 0 Å². The van der Waals surface area contributed by atoms with Gasteiger partial charge in [0, 0.05) is 25.1 Å². The fourth-order valence-electron chi connectivity index (χ4n) is 3.60. The lowest BCUT2D eigenvalue weighted by atomic mass is 9.82. The van der Waals surface area contributed by atoms with E-state index in [2.05, 4.69) is 11.8 Å². The van der Waals surface area contributed by atoms with Gasteiger partial charge in [-0.15, -0.1) is 0 Å². The van der Waals surface area contributed by atoms with Gasteiger partial charge in [-0.3, -0.25) is 4.90 Å². The lowest BCUT2D eigenvalue weighted by Gasteiger charge is -2.33. The Morgan fingerprint density at radius 2 is 1.83 bits per heavy atom. The molecule has 2 fully saturated rings. The van der Waals surface area contributed by atoms with Crippen LogP contribution in [0.5, 0.6) is 11.5 Å². The highest BCUT2D eigenvalue weighted by Crippen LogP contribution is 2.37. The van der Waals surface area contributed by atoms with Gasteiger partial charge >= 0.3 is 0 Å². The maximum Gasteiger partial charge on any atom is 0.119 e. The Bertz CT molecular complexity index is 468. The maximum absolute atomic E-state index is 5.87. The van der Waals surface area contributed by atoms with Crippen molar-refractivity contribution < 1.29 is 14.2 Å². The van der Waals surface area contributed by atoms with Crippen LogP contribution in [0.15, 0.2) is 24.3 Å². The Balaban J connectivity index is 1.38. The number of likely N-dealkylation sites (tertiary alicyclic amines) is 1. The van der Waals surface area contributed by atoms with Crippen molar-refractivity contribution in [3.05, 3.63) is 24.3 Å². The van der Waals surface area contributed by atoms with Gasteiger partial charge in [-0.05, 0) is 56.5 Å². The van der Waals surface area contributed by atoms with Gasteiger partial charge in [-0.25, -0.2) is 0 Å². The number of rotatable bonds is 7. The largest absolute Gasteiger partial charge is 0.494 e. The van der Waals surface area contributed by atoms with Crippen molar-refractivity contribution in [2.24, 2.45) is 5.41 Å². The molecule has 0 bridgehead atoms. The molecule has 0 amide bonds. The third-order valence-corrected chi connectivity index (χ3v) is 4.89. The highest BCUT2D eigenvalue weighted by Gasteiger charge is 2.39. The van der Waals surface area contributed by atoms with Crippen LogP contribution in [0.2, 0.25) is 0 Å². The summed E-state index contributed by atoms with van der Waals surface area (Å²) < 4.78 is 17.2. The zero-order chi connectivity index (χ0) is 16.0. The molecule has 2 aliphatic heterocycles.